The minimum absolute atomic E-state index is 0.0402. The van der Waals surface area contributed by atoms with Crippen LogP contribution in [0, 0.1) is 0 Å². The van der Waals surface area contributed by atoms with Gasteiger partial charge in [-0.1, -0.05) is 42.5 Å². The van der Waals surface area contributed by atoms with Crippen molar-refractivity contribution < 1.29 is 4.79 Å². The molecule has 1 atom stereocenters. The molecule has 1 aliphatic carbocycles. The van der Waals surface area contributed by atoms with Crippen molar-refractivity contribution in [3.8, 4) is 0 Å². The Morgan fingerprint density at radius 2 is 1.78 bits per heavy atom. The molecule has 0 aromatic heterocycles. The number of fused-ring (bicyclic) bond motifs is 1. The zero-order valence-electron chi connectivity index (χ0n) is 13.6. The maximum absolute atomic E-state index is 12.1. The average molecular weight is 308 g/mol. The zero-order chi connectivity index (χ0) is 16.2. The van der Waals surface area contributed by atoms with Crippen molar-refractivity contribution >= 4 is 5.91 Å². The number of nitrogens with two attached hydrogens (primary N) is 1. The number of amides is 1. The first kappa shape index (κ1) is 15.8. The predicted octanol–water partition coefficient (Wildman–Crippen LogP) is 3.05. The molecule has 3 heteroatoms. The third kappa shape index (κ3) is 3.99. The molecule has 2 aromatic carbocycles. The van der Waals surface area contributed by atoms with Crippen molar-refractivity contribution in [2.75, 3.05) is 0 Å². The van der Waals surface area contributed by atoms with Gasteiger partial charge >= 0.3 is 0 Å². The van der Waals surface area contributed by atoms with Gasteiger partial charge in [-0.15, -0.1) is 0 Å². The number of nitrogens with one attached hydrogen (secondary N) is 1. The number of carbonyl (C=O) groups excluding carboxylic acids is 1. The van der Waals surface area contributed by atoms with Crippen LogP contribution in [0.4, 0.5) is 0 Å². The zero-order valence-corrected chi connectivity index (χ0v) is 13.6. The fourth-order valence-corrected chi connectivity index (χ4v) is 3.12. The summed E-state index contributed by atoms with van der Waals surface area (Å²) < 4.78 is 0. The van der Waals surface area contributed by atoms with E-state index in [9.17, 15) is 4.79 Å². The number of hydrogen-bond acceptors (Lipinski definition) is 2. The van der Waals surface area contributed by atoms with Gasteiger partial charge in [0.15, 0.2) is 0 Å². The summed E-state index contributed by atoms with van der Waals surface area (Å²) >= 11 is 0. The minimum Gasteiger partial charge on any atom is -0.352 e. The molecule has 0 bridgehead atoms. The van der Waals surface area contributed by atoms with E-state index in [0.717, 1.165) is 23.1 Å². The van der Waals surface area contributed by atoms with E-state index in [4.69, 9.17) is 5.73 Å². The Hall–Kier alpha value is -2.13. The van der Waals surface area contributed by atoms with Crippen molar-refractivity contribution in [2.24, 2.45) is 5.73 Å². The molecule has 23 heavy (non-hydrogen) atoms. The molecule has 3 rings (SSSR count). The molecule has 0 saturated heterocycles. The molecule has 1 amide bonds. The molecule has 1 aliphatic rings. The van der Waals surface area contributed by atoms with Gasteiger partial charge in [0.1, 0.15) is 0 Å². The largest absolute Gasteiger partial charge is 0.352 e. The predicted molar refractivity (Wildman–Crippen MR) is 93.1 cm³/mol. The molecule has 0 unspecified atom stereocenters. The normalized spacial score (nSPS) is 14.3. The van der Waals surface area contributed by atoms with E-state index >= 15 is 0 Å². The monoisotopic (exact) mass is 308 g/mol. The summed E-state index contributed by atoms with van der Waals surface area (Å²) in [6.45, 7) is 2.52. The van der Waals surface area contributed by atoms with E-state index in [2.05, 4.69) is 23.5 Å². The molecule has 0 heterocycles. The molecule has 0 aliphatic heterocycles. The van der Waals surface area contributed by atoms with E-state index < -0.39 is 0 Å². The lowest BCUT2D eigenvalue weighted by molar-refractivity contribution is -0.120. The van der Waals surface area contributed by atoms with Crippen LogP contribution in [0.1, 0.15) is 47.2 Å². The first-order chi connectivity index (χ1) is 11.1. The molecule has 0 spiro atoms. The minimum atomic E-state index is 0.0402. The van der Waals surface area contributed by atoms with Gasteiger partial charge in [-0.25, -0.2) is 0 Å². The van der Waals surface area contributed by atoms with Crippen molar-refractivity contribution in [3.05, 3.63) is 70.3 Å². The first-order valence-corrected chi connectivity index (χ1v) is 8.33. The second kappa shape index (κ2) is 6.97. The highest BCUT2D eigenvalue weighted by molar-refractivity contribution is 5.78. The summed E-state index contributed by atoms with van der Waals surface area (Å²) in [5, 5.41) is 2.99. The van der Waals surface area contributed by atoms with Crippen LogP contribution in [0.3, 0.4) is 0 Å². The van der Waals surface area contributed by atoms with Crippen LogP contribution in [0.2, 0.25) is 0 Å². The van der Waals surface area contributed by atoms with Gasteiger partial charge < -0.3 is 11.1 Å². The SMILES string of the molecule is C[C@H](N)c1ccc(CNC(=O)Cc2ccc3c(c2)CCC3)cc1. The highest BCUT2D eigenvalue weighted by atomic mass is 16.1. The van der Waals surface area contributed by atoms with E-state index in [-0.39, 0.29) is 11.9 Å². The van der Waals surface area contributed by atoms with Crippen LogP contribution >= 0.6 is 0 Å². The lowest BCUT2D eigenvalue weighted by atomic mass is 10.0. The standard InChI is InChI=1S/C20H24N2O/c1-14(21)17-8-5-15(6-9-17)13-22-20(23)12-16-7-10-18-3-2-4-19(18)11-16/h5-11,14H,2-4,12-13,21H2,1H3,(H,22,23)/t14-/m0/s1. The van der Waals surface area contributed by atoms with Crippen molar-refractivity contribution in [3.63, 3.8) is 0 Å². The summed E-state index contributed by atoms with van der Waals surface area (Å²) in [4.78, 5) is 12.1. The van der Waals surface area contributed by atoms with Gasteiger partial charge in [-0.05, 0) is 54.0 Å². The smallest absolute Gasteiger partial charge is 0.224 e. The topological polar surface area (TPSA) is 55.1 Å². The molecule has 2 aromatic rings. The van der Waals surface area contributed by atoms with Crippen LogP contribution in [-0.4, -0.2) is 5.91 Å². The Balaban J connectivity index is 1.53. The molecular formula is C20H24N2O. The molecule has 3 N–H and O–H groups in total. The number of benzene rings is 2. The summed E-state index contributed by atoms with van der Waals surface area (Å²) in [6.07, 6.45) is 4.02. The molecule has 120 valence electrons. The van der Waals surface area contributed by atoms with E-state index in [1.54, 1.807) is 0 Å². The number of aryl methyl sites for hydroxylation is 2. The summed E-state index contributed by atoms with van der Waals surface area (Å²) in [7, 11) is 0. The second-order valence-electron chi connectivity index (χ2n) is 6.44. The Kier molecular flexibility index (Phi) is 4.77. The Morgan fingerprint density at radius 1 is 1.09 bits per heavy atom. The van der Waals surface area contributed by atoms with Crippen LogP contribution in [0.15, 0.2) is 42.5 Å². The van der Waals surface area contributed by atoms with Gasteiger partial charge in [0, 0.05) is 12.6 Å². The maximum Gasteiger partial charge on any atom is 0.224 e. The molecule has 0 fully saturated rings. The summed E-state index contributed by atoms with van der Waals surface area (Å²) in [5.74, 6) is 0.0687. The molecule has 0 saturated carbocycles. The highest BCUT2D eigenvalue weighted by Crippen LogP contribution is 2.23. The van der Waals surface area contributed by atoms with E-state index in [1.807, 2.05) is 31.2 Å². The van der Waals surface area contributed by atoms with Gasteiger partial charge in [-0.3, -0.25) is 4.79 Å². The number of hydrogen-bond donors (Lipinski definition) is 2. The average Bonchev–Trinajstić information content (AvgIpc) is 3.01. The Labute approximate surface area is 137 Å². The Morgan fingerprint density at radius 3 is 2.52 bits per heavy atom. The number of rotatable bonds is 5. The van der Waals surface area contributed by atoms with Gasteiger partial charge in [0.05, 0.1) is 6.42 Å². The molecular weight excluding hydrogens is 284 g/mol. The van der Waals surface area contributed by atoms with Crippen molar-refractivity contribution in [2.45, 2.75) is 45.2 Å². The third-order valence-corrected chi connectivity index (χ3v) is 4.52. The highest BCUT2D eigenvalue weighted by Gasteiger charge is 2.12. The van der Waals surface area contributed by atoms with Crippen molar-refractivity contribution in [1.29, 1.82) is 0 Å². The summed E-state index contributed by atoms with van der Waals surface area (Å²) in [6, 6.07) is 14.6. The lowest BCUT2D eigenvalue weighted by Gasteiger charge is -2.09. The molecule has 0 radical (unpaired) electrons. The van der Waals surface area contributed by atoms with E-state index in [1.165, 1.54) is 24.0 Å². The van der Waals surface area contributed by atoms with Crippen LogP contribution < -0.4 is 11.1 Å². The van der Waals surface area contributed by atoms with Gasteiger partial charge in [0.2, 0.25) is 5.91 Å². The summed E-state index contributed by atoms with van der Waals surface area (Å²) in [5.41, 5.74) is 12.0. The number of carbonyl (C=O) groups is 1. The van der Waals surface area contributed by atoms with Gasteiger partial charge in [-0.2, -0.15) is 0 Å². The Bertz CT molecular complexity index is 689. The fourth-order valence-electron chi connectivity index (χ4n) is 3.12. The second-order valence-corrected chi connectivity index (χ2v) is 6.44. The van der Waals surface area contributed by atoms with Gasteiger partial charge in [0.25, 0.3) is 0 Å². The maximum atomic E-state index is 12.1. The van der Waals surface area contributed by atoms with Crippen LogP contribution in [0.25, 0.3) is 0 Å². The molecule has 3 nitrogen and oxygen atoms in total. The van der Waals surface area contributed by atoms with Crippen LogP contribution in [0.5, 0.6) is 0 Å². The first-order valence-electron chi connectivity index (χ1n) is 8.33. The third-order valence-electron chi connectivity index (χ3n) is 4.52. The van der Waals surface area contributed by atoms with Crippen molar-refractivity contribution in [1.82, 2.24) is 5.32 Å². The van der Waals surface area contributed by atoms with Crippen LogP contribution in [-0.2, 0) is 30.6 Å². The fraction of sp³-hybridized carbons (Fsp3) is 0.350. The van der Waals surface area contributed by atoms with E-state index in [0.29, 0.717) is 13.0 Å². The quantitative estimate of drug-likeness (QED) is 0.892. The lowest BCUT2D eigenvalue weighted by Crippen LogP contribution is -2.24.